The molecule has 3 rings (SSSR count). The van der Waals surface area contributed by atoms with Crippen LogP contribution in [0, 0.1) is 6.92 Å². The second-order valence-corrected chi connectivity index (χ2v) is 5.34. The molecule has 1 amide bonds. The van der Waals surface area contributed by atoms with Gasteiger partial charge in [-0.15, -0.1) is 0 Å². The molecule has 2 aromatic rings. The van der Waals surface area contributed by atoms with Gasteiger partial charge in [-0.25, -0.2) is 0 Å². The maximum absolute atomic E-state index is 12.4. The molecule has 126 valence electrons. The molecule has 0 aliphatic carbocycles. The molecular weight excluding hydrogens is 318 g/mol. The first kappa shape index (κ1) is 16.0. The Morgan fingerprint density at radius 1 is 1.12 bits per heavy atom. The number of alkyl halides is 2. The zero-order chi connectivity index (χ0) is 17.3. The number of nitrogens with one attached hydrogen (secondary N) is 2. The van der Waals surface area contributed by atoms with Crippen LogP contribution in [0.1, 0.15) is 27.7 Å². The van der Waals surface area contributed by atoms with E-state index in [1.165, 1.54) is 13.2 Å². The summed E-state index contributed by atoms with van der Waals surface area (Å²) in [6, 6.07) is 10.00. The number of halogens is 2. The quantitative estimate of drug-likeness (QED) is 0.899. The lowest BCUT2D eigenvalue weighted by Gasteiger charge is -2.29. The van der Waals surface area contributed by atoms with E-state index in [4.69, 9.17) is 4.74 Å². The van der Waals surface area contributed by atoms with Crippen LogP contribution < -0.4 is 20.1 Å². The van der Waals surface area contributed by atoms with Crippen molar-refractivity contribution in [3.05, 3.63) is 53.1 Å². The molecule has 1 atom stereocenters. The van der Waals surface area contributed by atoms with Crippen molar-refractivity contribution in [2.45, 2.75) is 19.7 Å². The first-order valence-electron chi connectivity index (χ1n) is 7.29. The molecule has 0 saturated carbocycles. The topological polar surface area (TPSA) is 59.6 Å². The van der Waals surface area contributed by atoms with Crippen LogP contribution in [0.2, 0.25) is 0 Å². The number of amides is 1. The summed E-state index contributed by atoms with van der Waals surface area (Å²) in [7, 11) is 1.36. The van der Waals surface area contributed by atoms with Crippen LogP contribution in [0.15, 0.2) is 36.4 Å². The van der Waals surface area contributed by atoms with E-state index in [2.05, 4.69) is 15.4 Å². The smallest absolute Gasteiger partial charge is 0.387 e. The predicted octanol–water partition coefficient (Wildman–Crippen LogP) is 3.46. The van der Waals surface area contributed by atoms with Gasteiger partial charge in [-0.1, -0.05) is 18.2 Å². The predicted molar refractivity (Wildman–Crippen MR) is 84.6 cm³/mol. The average Bonchev–Trinajstić information content (AvgIpc) is 2.55. The van der Waals surface area contributed by atoms with E-state index in [0.29, 0.717) is 11.1 Å². The zero-order valence-corrected chi connectivity index (χ0v) is 13.1. The highest BCUT2D eigenvalue weighted by Crippen LogP contribution is 2.34. The first-order valence-corrected chi connectivity index (χ1v) is 7.29. The Morgan fingerprint density at radius 3 is 2.62 bits per heavy atom. The van der Waals surface area contributed by atoms with Crippen molar-refractivity contribution in [1.29, 1.82) is 0 Å². The van der Waals surface area contributed by atoms with Crippen molar-refractivity contribution < 1.29 is 23.0 Å². The van der Waals surface area contributed by atoms with E-state index < -0.39 is 12.8 Å². The zero-order valence-electron chi connectivity index (χ0n) is 13.1. The average molecular weight is 334 g/mol. The van der Waals surface area contributed by atoms with Crippen LogP contribution in [0.5, 0.6) is 11.5 Å². The molecule has 0 bridgehead atoms. The van der Waals surface area contributed by atoms with Crippen molar-refractivity contribution in [3.8, 4) is 11.5 Å². The number of hydrogen-bond acceptors (Lipinski definition) is 4. The SMILES string of the molecule is COc1cc([C@@H]2NC(=O)c3cccc(C)c3N2)ccc1OC(F)F. The molecule has 5 nitrogen and oxygen atoms in total. The summed E-state index contributed by atoms with van der Waals surface area (Å²) in [6.45, 7) is -1.03. The molecule has 1 aliphatic rings. The summed E-state index contributed by atoms with van der Waals surface area (Å²) in [5.41, 5.74) is 2.92. The highest BCUT2D eigenvalue weighted by Gasteiger charge is 2.26. The van der Waals surface area contributed by atoms with Crippen LogP contribution >= 0.6 is 0 Å². The number of methoxy groups -OCH3 is 1. The lowest BCUT2D eigenvalue weighted by atomic mass is 10.0. The van der Waals surface area contributed by atoms with E-state index in [-0.39, 0.29) is 17.4 Å². The van der Waals surface area contributed by atoms with Crippen LogP contribution in [0.25, 0.3) is 0 Å². The minimum Gasteiger partial charge on any atom is -0.493 e. The molecule has 0 aromatic heterocycles. The number of para-hydroxylation sites is 1. The van der Waals surface area contributed by atoms with Gasteiger partial charge in [0.15, 0.2) is 11.5 Å². The number of carbonyl (C=O) groups excluding carboxylic acids is 1. The molecule has 24 heavy (non-hydrogen) atoms. The van der Waals surface area contributed by atoms with Crippen LogP contribution in [-0.2, 0) is 0 Å². The lowest BCUT2D eigenvalue weighted by molar-refractivity contribution is -0.0512. The fourth-order valence-corrected chi connectivity index (χ4v) is 2.66. The Bertz CT molecular complexity index is 780. The van der Waals surface area contributed by atoms with Gasteiger partial charge in [0.1, 0.15) is 6.17 Å². The molecule has 0 spiro atoms. The maximum Gasteiger partial charge on any atom is 0.387 e. The minimum absolute atomic E-state index is 0.0602. The third-order valence-electron chi connectivity index (χ3n) is 3.82. The Balaban J connectivity index is 1.93. The van der Waals surface area contributed by atoms with Crippen LogP contribution in [-0.4, -0.2) is 19.6 Å². The molecular formula is C17H16F2N2O3. The lowest BCUT2D eigenvalue weighted by Crippen LogP contribution is -2.38. The molecule has 0 unspecified atom stereocenters. The van der Waals surface area contributed by atoms with Crippen molar-refractivity contribution >= 4 is 11.6 Å². The van der Waals surface area contributed by atoms with E-state index in [1.54, 1.807) is 18.2 Å². The molecule has 0 saturated heterocycles. The fraction of sp³-hybridized carbons (Fsp3) is 0.235. The summed E-state index contributed by atoms with van der Waals surface area (Å²) in [6.07, 6.45) is -0.499. The molecule has 0 fully saturated rings. The Hall–Kier alpha value is -2.83. The number of ether oxygens (including phenoxy) is 2. The third kappa shape index (κ3) is 2.97. The van der Waals surface area contributed by atoms with E-state index in [0.717, 1.165) is 11.3 Å². The Morgan fingerprint density at radius 2 is 1.92 bits per heavy atom. The van der Waals surface area contributed by atoms with Crippen molar-refractivity contribution in [2.24, 2.45) is 0 Å². The molecule has 7 heteroatoms. The highest BCUT2D eigenvalue weighted by molar-refractivity contribution is 6.02. The van der Waals surface area contributed by atoms with E-state index >= 15 is 0 Å². The standard InChI is InChI=1S/C17H16F2N2O3/c1-9-4-3-5-11-14(9)20-15(21-16(11)22)10-6-7-12(24-17(18)19)13(8-10)23-2/h3-8,15,17,20H,1-2H3,(H,21,22)/t15-/m0/s1. The van der Waals surface area contributed by atoms with Crippen molar-refractivity contribution in [1.82, 2.24) is 5.32 Å². The number of rotatable bonds is 4. The molecule has 2 aromatic carbocycles. The summed E-state index contributed by atoms with van der Waals surface area (Å²) in [4.78, 5) is 12.3. The number of benzene rings is 2. The van der Waals surface area contributed by atoms with Crippen molar-refractivity contribution in [2.75, 3.05) is 12.4 Å². The second-order valence-electron chi connectivity index (χ2n) is 5.34. The van der Waals surface area contributed by atoms with Gasteiger partial charge in [0.2, 0.25) is 0 Å². The summed E-state index contributed by atoms with van der Waals surface area (Å²) >= 11 is 0. The van der Waals surface area contributed by atoms with E-state index in [1.807, 2.05) is 19.1 Å². The van der Waals surface area contributed by atoms with Gasteiger partial charge in [-0.05, 0) is 36.2 Å². The summed E-state index contributed by atoms with van der Waals surface area (Å²) in [5.74, 6) is -0.0984. The number of aryl methyl sites for hydroxylation is 1. The molecule has 1 heterocycles. The third-order valence-corrected chi connectivity index (χ3v) is 3.82. The van der Waals surface area contributed by atoms with Gasteiger partial charge in [0.25, 0.3) is 5.91 Å². The first-order chi connectivity index (χ1) is 11.5. The Labute approximate surface area is 137 Å². The second kappa shape index (κ2) is 6.35. The maximum atomic E-state index is 12.4. The van der Waals surface area contributed by atoms with Gasteiger partial charge < -0.3 is 20.1 Å². The summed E-state index contributed by atoms with van der Waals surface area (Å²) in [5, 5.41) is 6.08. The molecule has 1 aliphatic heterocycles. The van der Waals surface area contributed by atoms with Gasteiger partial charge in [0, 0.05) is 0 Å². The van der Waals surface area contributed by atoms with Gasteiger partial charge in [-0.2, -0.15) is 8.78 Å². The molecule has 2 N–H and O–H groups in total. The van der Waals surface area contributed by atoms with Crippen LogP contribution in [0.4, 0.5) is 14.5 Å². The normalized spacial score (nSPS) is 16.2. The van der Waals surface area contributed by atoms with Crippen molar-refractivity contribution in [3.63, 3.8) is 0 Å². The minimum atomic E-state index is -2.94. The number of fused-ring (bicyclic) bond motifs is 1. The largest absolute Gasteiger partial charge is 0.493 e. The highest BCUT2D eigenvalue weighted by atomic mass is 19.3. The number of hydrogen-bond donors (Lipinski definition) is 2. The summed E-state index contributed by atoms with van der Waals surface area (Å²) < 4.78 is 34.3. The van der Waals surface area contributed by atoms with E-state index in [9.17, 15) is 13.6 Å². The number of carbonyl (C=O) groups is 1. The van der Waals surface area contributed by atoms with Gasteiger partial charge >= 0.3 is 6.61 Å². The van der Waals surface area contributed by atoms with Gasteiger partial charge in [-0.3, -0.25) is 4.79 Å². The number of anilines is 1. The Kier molecular flexibility index (Phi) is 4.24. The fourth-order valence-electron chi connectivity index (χ4n) is 2.66. The van der Waals surface area contributed by atoms with Gasteiger partial charge in [0.05, 0.1) is 18.4 Å². The molecule has 0 radical (unpaired) electrons. The van der Waals surface area contributed by atoms with Crippen LogP contribution in [0.3, 0.4) is 0 Å². The monoisotopic (exact) mass is 334 g/mol.